The summed E-state index contributed by atoms with van der Waals surface area (Å²) in [5.74, 6) is -2.01. The first-order valence-electron chi connectivity index (χ1n) is 15.4. The lowest BCUT2D eigenvalue weighted by atomic mass is 9.83. The summed E-state index contributed by atoms with van der Waals surface area (Å²) < 4.78 is 10.9. The molecule has 0 saturated carbocycles. The molecule has 3 aliphatic heterocycles. The van der Waals surface area contributed by atoms with Crippen molar-refractivity contribution >= 4 is 47.0 Å². The second kappa shape index (κ2) is 14.2. The summed E-state index contributed by atoms with van der Waals surface area (Å²) in [7, 11) is 3.10. The van der Waals surface area contributed by atoms with Crippen LogP contribution in [-0.2, 0) is 37.1 Å². The normalized spacial score (nSPS) is 21.7. The number of hydrogen-bond donors (Lipinski definition) is 1. The van der Waals surface area contributed by atoms with E-state index in [0.717, 1.165) is 11.8 Å². The fraction of sp³-hybridized carbons (Fsp3) is 0.438. The van der Waals surface area contributed by atoms with Gasteiger partial charge < -0.3 is 24.4 Å². The molecule has 2 fully saturated rings. The van der Waals surface area contributed by atoms with Gasteiger partial charge in [-0.2, -0.15) is 0 Å². The van der Waals surface area contributed by atoms with Gasteiger partial charge in [0.15, 0.2) is 0 Å². The van der Waals surface area contributed by atoms with Crippen LogP contribution in [0.15, 0.2) is 53.1 Å². The molecule has 3 aliphatic rings. The molecule has 260 valence electrons. The Balaban J connectivity index is 1.28. The van der Waals surface area contributed by atoms with Gasteiger partial charge in [-0.25, -0.2) is 9.59 Å². The maximum Gasteiger partial charge on any atom is 0.410 e. The lowest BCUT2D eigenvalue weighted by Gasteiger charge is -2.44. The Bertz CT molecular complexity index is 1730. The number of ether oxygens (including phenoxy) is 2. The number of fused-ring (bicyclic) bond motifs is 1. The van der Waals surface area contributed by atoms with Crippen molar-refractivity contribution in [3.8, 4) is 0 Å². The van der Waals surface area contributed by atoms with Gasteiger partial charge in [0.05, 0.1) is 32.8 Å². The van der Waals surface area contributed by atoms with Crippen LogP contribution in [-0.4, -0.2) is 97.6 Å². The fourth-order valence-electron chi connectivity index (χ4n) is 6.34. The Morgan fingerprint density at radius 2 is 1.73 bits per heavy atom. The zero-order valence-electron chi connectivity index (χ0n) is 27.1. The van der Waals surface area contributed by atoms with Gasteiger partial charge in [-0.1, -0.05) is 6.08 Å². The number of hydrogen-bond acceptors (Lipinski definition) is 12. The van der Waals surface area contributed by atoms with Crippen molar-refractivity contribution in [1.29, 1.82) is 0 Å². The predicted octanol–water partition coefficient (Wildman–Crippen LogP) is 3.31. The standard InChI is InChI=1S/C32H35N5O11S/c1-17-11-20(16-47-31(41)24-10-9-23-27(18(2)38)30(40)35(23)24)12-26(28(17)37(45)46)49-22-13-25(29(39)33(3)4)34(14-22)32(42)48-15-19-5-7-21(8-6-19)36(43)44/h5-8,10-12,18,22-23,25,27,38H,9,13-16H2,1-4H3/t18-,22+,23-,25+,27+/m1/s1. The van der Waals surface area contributed by atoms with Crippen LogP contribution in [0.1, 0.15) is 36.5 Å². The molecule has 49 heavy (non-hydrogen) atoms. The van der Waals surface area contributed by atoms with Crippen molar-refractivity contribution in [3.05, 3.63) is 85.1 Å². The van der Waals surface area contributed by atoms with E-state index in [1.165, 1.54) is 58.0 Å². The molecule has 1 N–H and O–H groups in total. The fourth-order valence-corrected chi connectivity index (χ4v) is 7.78. The molecule has 2 aromatic rings. The Morgan fingerprint density at radius 1 is 1.06 bits per heavy atom. The van der Waals surface area contributed by atoms with Crippen molar-refractivity contribution < 1.29 is 43.6 Å². The van der Waals surface area contributed by atoms with E-state index >= 15 is 0 Å². The van der Waals surface area contributed by atoms with Gasteiger partial charge >= 0.3 is 12.1 Å². The summed E-state index contributed by atoms with van der Waals surface area (Å²) in [5.41, 5.74) is 1.11. The highest BCUT2D eigenvalue weighted by atomic mass is 32.2. The number of non-ortho nitro benzene ring substituents is 1. The first-order chi connectivity index (χ1) is 23.2. The molecule has 2 saturated heterocycles. The minimum atomic E-state index is -0.901. The lowest BCUT2D eigenvalue weighted by molar-refractivity contribution is -0.388. The summed E-state index contributed by atoms with van der Waals surface area (Å²) >= 11 is 1.13. The molecular formula is C32H35N5O11S. The van der Waals surface area contributed by atoms with Gasteiger partial charge in [0.1, 0.15) is 25.0 Å². The number of likely N-dealkylation sites (tertiary alicyclic amines) is 1. The van der Waals surface area contributed by atoms with E-state index in [-0.39, 0.29) is 66.0 Å². The number of nitrogens with zero attached hydrogens (tertiary/aromatic N) is 5. The second-order valence-corrected chi connectivity index (χ2v) is 13.7. The Morgan fingerprint density at radius 3 is 2.35 bits per heavy atom. The van der Waals surface area contributed by atoms with E-state index in [0.29, 0.717) is 23.1 Å². The first-order valence-corrected chi connectivity index (χ1v) is 16.3. The maximum absolute atomic E-state index is 13.2. The number of thioether (sulfide) groups is 1. The van der Waals surface area contributed by atoms with E-state index in [1.54, 1.807) is 27.1 Å². The molecule has 5 rings (SSSR count). The van der Waals surface area contributed by atoms with Crippen LogP contribution in [0, 0.1) is 33.1 Å². The predicted molar refractivity (Wildman–Crippen MR) is 173 cm³/mol. The maximum atomic E-state index is 13.2. The number of amides is 3. The van der Waals surface area contributed by atoms with Crippen molar-refractivity contribution in [2.45, 2.75) is 68.2 Å². The number of aliphatic hydroxyl groups excluding tert-OH is 1. The molecule has 0 aliphatic carbocycles. The topological polar surface area (TPSA) is 203 Å². The van der Waals surface area contributed by atoms with Crippen LogP contribution in [0.25, 0.3) is 0 Å². The number of carbonyl (C=O) groups is 4. The number of likely N-dealkylation sites (N-methyl/N-ethyl adjacent to an activating group) is 1. The quantitative estimate of drug-likeness (QED) is 0.156. The SMILES string of the molecule is Cc1cc(COC(=O)C2=CC[C@@H]3[C@H]([C@@H](C)O)C(=O)N23)cc(S[C@H]2C[C@@H](C(=O)N(C)C)N(C(=O)OCc3ccc([N+](=O)[O-])cc3)C2)c1[N+](=O)[O-]. The van der Waals surface area contributed by atoms with Crippen LogP contribution >= 0.6 is 11.8 Å². The van der Waals surface area contributed by atoms with Crippen LogP contribution in [0.2, 0.25) is 0 Å². The molecule has 0 unspecified atom stereocenters. The summed E-state index contributed by atoms with van der Waals surface area (Å²) in [6, 6.07) is 7.37. The third-order valence-electron chi connectivity index (χ3n) is 8.71. The van der Waals surface area contributed by atoms with E-state index in [1.807, 2.05) is 0 Å². The van der Waals surface area contributed by atoms with Crippen molar-refractivity contribution in [3.63, 3.8) is 0 Å². The highest BCUT2D eigenvalue weighted by Gasteiger charge is 2.54. The number of carbonyl (C=O) groups excluding carboxylic acids is 4. The van der Waals surface area contributed by atoms with Crippen LogP contribution in [0.4, 0.5) is 16.2 Å². The monoisotopic (exact) mass is 697 g/mol. The number of rotatable bonds is 11. The zero-order chi connectivity index (χ0) is 35.7. The molecule has 2 aromatic carbocycles. The smallest absolute Gasteiger partial charge is 0.410 e. The van der Waals surface area contributed by atoms with E-state index in [2.05, 4.69) is 0 Å². The van der Waals surface area contributed by atoms with Gasteiger partial charge in [0.2, 0.25) is 11.8 Å². The molecule has 0 bridgehead atoms. The van der Waals surface area contributed by atoms with E-state index in [9.17, 15) is 44.5 Å². The number of nitro benzene ring substituents is 2. The lowest BCUT2D eigenvalue weighted by Crippen LogP contribution is -2.61. The highest BCUT2D eigenvalue weighted by Crippen LogP contribution is 2.42. The summed E-state index contributed by atoms with van der Waals surface area (Å²) in [4.78, 5) is 77.9. The average molecular weight is 698 g/mol. The molecule has 0 aromatic heterocycles. The van der Waals surface area contributed by atoms with Crippen molar-refractivity contribution in [2.75, 3.05) is 20.6 Å². The molecule has 0 radical (unpaired) electrons. The van der Waals surface area contributed by atoms with Crippen LogP contribution < -0.4 is 0 Å². The molecular weight excluding hydrogens is 662 g/mol. The van der Waals surface area contributed by atoms with Gasteiger partial charge in [-0.15, -0.1) is 11.8 Å². The van der Waals surface area contributed by atoms with Crippen LogP contribution in [0.3, 0.4) is 0 Å². The molecule has 0 spiro atoms. The number of esters is 1. The average Bonchev–Trinajstić information content (AvgIpc) is 3.63. The van der Waals surface area contributed by atoms with Crippen LogP contribution in [0.5, 0.6) is 0 Å². The van der Waals surface area contributed by atoms with Crippen molar-refractivity contribution in [2.24, 2.45) is 5.92 Å². The Labute approximate surface area is 284 Å². The molecule has 16 nitrogen and oxygen atoms in total. The summed E-state index contributed by atoms with van der Waals surface area (Å²) in [6.07, 6.45) is 0.578. The number of β-lactam (4-membered cyclic amide) rings is 1. The second-order valence-electron chi connectivity index (χ2n) is 12.3. The molecule has 5 atom stereocenters. The number of aliphatic hydroxyl groups is 1. The number of nitro groups is 2. The summed E-state index contributed by atoms with van der Waals surface area (Å²) in [6.45, 7) is 2.70. The Kier molecular flexibility index (Phi) is 10.2. The van der Waals surface area contributed by atoms with Gasteiger partial charge in [-0.05, 0) is 62.1 Å². The zero-order valence-corrected chi connectivity index (χ0v) is 28.0. The van der Waals surface area contributed by atoms with Gasteiger partial charge in [0, 0.05) is 43.6 Å². The minimum Gasteiger partial charge on any atom is -0.456 e. The third-order valence-corrected chi connectivity index (χ3v) is 9.95. The van der Waals surface area contributed by atoms with E-state index < -0.39 is 45.2 Å². The number of aryl methyl sites for hydroxylation is 1. The molecule has 3 heterocycles. The largest absolute Gasteiger partial charge is 0.456 e. The Hall–Kier alpha value is -5.03. The summed E-state index contributed by atoms with van der Waals surface area (Å²) in [5, 5.41) is 32.5. The van der Waals surface area contributed by atoms with Gasteiger partial charge in [0.25, 0.3) is 11.4 Å². The number of benzene rings is 2. The van der Waals surface area contributed by atoms with Crippen molar-refractivity contribution in [1.82, 2.24) is 14.7 Å². The third kappa shape index (κ3) is 7.22. The molecule has 17 heteroatoms. The minimum absolute atomic E-state index is 0.0378. The van der Waals surface area contributed by atoms with Gasteiger partial charge in [-0.3, -0.25) is 34.7 Å². The molecule has 3 amide bonds. The first kappa shape index (κ1) is 35.3. The van der Waals surface area contributed by atoms with E-state index in [4.69, 9.17) is 9.47 Å². The highest BCUT2D eigenvalue weighted by molar-refractivity contribution is 8.00.